The molecule has 1 unspecified atom stereocenters. The molecular weight excluding hydrogens is 380 g/mol. The Bertz CT molecular complexity index is 988. The maximum Gasteiger partial charge on any atom is 0.325 e. The van der Waals surface area contributed by atoms with E-state index in [-0.39, 0.29) is 18.3 Å². The lowest BCUT2D eigenvalue weighted by Crippen LogP contribution is -2.31. The van der Waals surface area contributed by atoms with Crippen LogP contribution in [0.5, 0.6) is 0 Å². The number of halogens is 1. The molecule has 1 aromatic heterocycles. The van der Waals surface area contributed by atoms with Crippen LogP contribution in [0.4, 0.5) is 4.79 Å². The van der Waals surface area contributed by atoms with Gasteiger partial charge in [-0.25, -0.2) is 4.79 Å². The van der Waals surface area contributed by atoms with Gasteiger partial charge in [-0.15, -0.1) is 10.2 Å². The van der Waals surface area contributed by atoms with Crippen molar-refractivity contribution in [3.05, 3.63) is 71.1 Å². The third kappa shape index (κ3) is 3.89. The fraction of sp³-hybridized carbons (Fsp3) is 0.200. The SMILES string of the molecule is O=C1NC(CCc2ccccc2)C(=O)N1Cc1nnc(-c2ccc(Cl)cc2)o1. The molecule has 3 aromatic rings. The zero-order valence-corrected chi connectivity index (χ0v) is 15.6. The van der Waals surface area contributed by atoms with E-state index in [9.17, 15) is 9.59 Å². The van der Waals surface area contributed by atoms with Gasteiger partial charge in [0.1, 0.15) is 12.6 Å². The molecule has 0 aliphatic carbocycles. The maximum atomic E-state index is 12.6. The number of nitrogens with zero attached hydrogens (tertiary/aromatic N) is 3. The van der Waals surface area contributed by atoms with Gasteiger partial charge >= 0.3 is 6.03 Å². The Kier molecular flexibility index (Phi) is 5.08. The molecule has 1 aliphatic rings. The summed E-state index contributed by atoms with van der Waals surface area (Å²) in [6.07, 6.45) is 1.23. The van der Waals surface area contributed by atoms with E-state index in [4.69, 9.17) is 16.0 Å². The highest BCUT2D eigenvalue weighted by atomic mass is 35.5. The van der Waals surface area contributed by atoms with E-state index in [1.165, 1.54) is 0 Å². The van der Waals surface area contributed by atoms with Crippen LogP contribution in [0.15, 0.2) is 59.0 Å². The van der Waals surface area contributed by atoms with Gasteiger partial charge in [0.25, 0.3) is 5.91 Å². The van der Waals surface area contributed by atoms with E-state index in [0.717, 1.165) is 10.5 Å². The first-order valence-corrected chi connectivity index (χ1v) is 9.22. The van der Waals surface area contributed by atoms with Crippen LogP contribution in [0.25, 0.3) is 11.5 Å². The van der Waals surface area contributed by atoms with Crippen molar-refractivity contribution in [2.24, 2.45) is 0 Å². The average molecular weight is 397 g/mol. The summed E-state index contributed by atoms with van der Waals surface area (Å²) in [5.74, 6) is 0.212. The normalized spacial score (nSPS) is 16.5. The average Bonchev–Trinajstić information content (AvgIpc) is 3.28. The van der Waals surface area contributed by atoms with Crippen LogP contribution in [0.2, 0.25) is 5.02 Å². The fourth-order valence-corrected chi connectivity index (χ4v) is 3.17. The first-order chi connectivity index (χ1) is 13.6. The molecule has 142 valence electrons. The number of urea groups is 1. The Morgan fingerprint density at radius 3 is 2.54 bits per heavy atom. The van der Waals surface area contributed by atoms with E-state index >= 15 is 0 Å². The predicted molar refractivity (Wildman–Crippen MR) is 102 cm³/mol. The first kappa shape index (κ1) is 18.2. The molecular formula is C20H17ClN4O3. The number of aromatic nitrogens is 2. The number of hydrogen-bond acceptors (Lipinski definition) is 5. The summed E-state index contributed by atoms with van der Waals surface area (Å²) >= 11 is 5.87. The van der Waals surface area contributed by atoms with Crippen molar-refractivity contribution in [2.45, 2.75) is 25.4 Å². The lowest BCUT2D eigenvalue weighted by Gasteiger charge is -2.10. The standard InChI is InChI=1S/C20H17ClN4O3/c21-15-9-7-14(8-10-15)18-24-23-17(28-18)12-25-19(26)16(22-20(25)27)11-6-13-4-2-1-3-5-13/h1-5,7-10,16H,6,11-12H2,(H,22,27). The molecule has 8 heteroatoms. The minimum Gasteiger partial charge on any atom is -0.419 e. The molecule has 1 aliphatic heterocycles. The van der Waals surface area contributed by atoms with Gasteiger partial charge < -0.3 is 9.73 Å². The molecule has 1 N–H and O–H groups in total. The van der Waals surface area contributed by atoms with E-state index in [0.29, 0.717) is 29.3 Å². The number of nitrogens with one attached hydrogen (secondary N) is 1. The molecule has 7 nitrogen and oxygen atoms in total. The summed E-state index contributed by atoms with van der Waals surface area (Å²) in [4.78, 5) is 25.9. The van der Waals surface area contributed by atoms with E-state index < -0.39 is 12.1 Å². The topological polar surface area (TPSA) is 88.3 Å². The van der Waals surface area contributed by atoms with Crippen molar-refractivity contribution in [1.82, 2.24) is 20.4 Å². The molecule has 0 spiro atoms. The van der Waals surface area contributed by atoms with Gasteiger partial charge in [0.05, 0.1) is 0 Å². The van der Waals surface area contributed by atoms with Crippen LogP contribution >= 0.6 is 11.6 Å². The second-order valence-electron chi connectivity index (χ2n) is 6.46. The van der Waals surface area contributed by atoms with Crippen LogP contribution in [-0.2, 0) is 17.8 Å². The van der Waals surface area contributed by atoms with Gasteiger partial charge in [-0.05, 0) is 42.7 Å². The lowest BCUT2D eigenvalue weighted by atomic mass is 10.1. The number of imide groups is 1. The Balaban J connectivity index is 1.40. The predicted octanol–water partition coefficient (Wildman–Crippen LogP) is 3.44. The molecule has 1 fully saturated rings. The van der Waals surface area contributed by atoms with Crippen molar-refractivity contribution < 1.29 is 14.0 Å². The second-order valence-corrected chi connectivity index (χ2v) is 6.90. The molecule has 0 radical (unpaired) electrons. The van der Waals surface area contributed by atoms with Crippen molar-refractivity contribution in [3.8, 4) is 11.5 Å². The zero-order valence-electron chi connectivity index (χ0n) is 14.8. The summed E-state index contributed by atoms with van der Waals surface area (Å²) in [7, 11) is 0. The van der Waals surface area contributed by atoms with Crippen LogP contribution in [0.3, 0.4) is 0 Å². The summed E-state index contributed by atoms with van der Waals surface area (Å²) in [5.41, 5.74) is 1.83. The van der Waals surface area contributed by atoms with Gasteiger partial charge in [0, 0.05) is 10.6 Å². The third-order valence-electron chi connectivity index (χ3n) is 4.52. The molecule has 3 amide bonds. The van der Waals surface area contributed by atoms with E-state index in [1.807, 2.05) is 30.3 Å². The number of rotatable bonds is 6. The number of carbonyl (C=O) groups is 2. The van der Waals surface area contributed by atoms with Gasteiger partial charge in [-0.3, -0.25) is 9.69 Å². The van der Waals surface area contributed by atoms with Crippen molar-refractivity contribution >= 4 is 23.5 Å². The van der Waals surface area contributed by atoms with Gasteiger partial charge in [-0.1, -0.05) is 41.9 Å². The van der Waals surface area contributed by atoms with Crippen molar-refractivity contribution in [2.75, 3.05) is 0 Å². The maximum absolute atomic E-state index is 12.6. The lowest BCUT2D eigenvalue weighted by molar-refractivity contribution is -0.128. The summed E-state index contributed by atoms with van der Waals surface area (Å²) in [6.45, 7) is -0.0624. The third-order valence-corrected chi connectivity index (χ3v) is 4.77. The smallest absolute Gasteiger partial charge is 0.325 e. The molecule has 28 heavy (non-hydrogen) atoms. The Hall–Kier alpha value is -3.19. The highest BCUT2D eigenvalue weighted by molar-refractivity contribution is 6.30. The zero-order chi connectivity index (χ0) is 19.5. The van der Waals surface area contributed by atoms with Gasteiger partial charge in [0.2, 0.25) is 11.8 Å². The minimum absolute atomic E-state index is 0.0624. The number of amides is 3. The Morgan fingerprint density at radius 2 is 1.79 bits per heavy atom. The number of aryl methyl sites for hydroxylation is 1. The quantitative estimate of drug-likeness (QED) is 0.645. The number of benzene rings is 2. The van der Waals surface area contributed by atoms with Gasteiger partial charge in [0.15, 0.2) is 0 Å². The fourth-order valence-electron chi connectivity index (χ4n) is 3.04. The van der Waals surface area contributed by atoms with Crippen LogP contribution < -0.4 is 5.32 Å². The van der Waals surface area contributed by atoms with E-state index in [1.54, 1.807) is 24.3 Å². The van der Waals surface area contributed by atoms with Crippen LogP contribution in [0.1, 0.15) is 17.9 Å². The molecule has 2 heterocycles. The minimum atomic E-state index is -0.550. The monoisotopic (exact) mass is 396 g/mol. The summed E-state index contributed by atoms with van der Waals surface area (Å²) in [6, 6.07) is 15.8. The molecule has 0 saturated carbocycles. The highest BCUT2D eigenvalue weighted by Gasteiger charge is 2.38. The van der Waals surface area contributed by atoms with Crippen LogP contribution in [0, 0.1) is 0 Å². The van der Waals surface area contributed by atoms with Crippen LogP contribution in [-0.4, -0.2) is 33.1 Å². The molecule has 2 aromatic carbocycles. The van der Waals surface area contributed by atoms with Gasteiger partial charge in [-0.2, -0.15) is 0 Å². The first-order valence-electron chi connectivity index (χ1n) is 8.84. The molecule has 0 bridgehead atoms. The molecule has 1 atom stereocenters. The number of carbonyl (C=O) groups excluding carboxylic acids is 2. The molecule has 4 rings (SSSR count). The Morgan fingerprint density at radius 1 is 1.04 bits per heavy atom. The Labute approximate surface area is 166 Å². The number of hydrogen-bond donors (Lipinski definition) is 1. The molecule has 1 saturated heterocycles. The summed E-state index contributed by atoms with van der Waals surface area (Å²) < 4.78 is 5.59. The highest BCUT2D eigenvalue weighted by Crippen LogP contribution is 2.22. The van der Waals surface area contributed by atoms with Crippen molar-refractivity contribution in [1.29, 1.82) is 0 Å². The second kappa shape index (κ2) is 7.82. The van der Waals surface area contributed by atoms with Crippen molar-refractivity contribution in [3.63, 3.8) is 0 Å². The summed E-state index contributed by atoms with van der Waals surface area (Å²) in [5, 5.41) is 11.2. The largest absolute Gasteiger partial charge is 0.419 e. The van der Waals surface area contributed by atoms with E-state index in [2.05, 4.69) is 15.5 Å².